The van der Waals surface area contributed by atoms with Crippen LogP contribution in [0.5, 0.6) is 0 Å². The molecule has 48 heavy (non-hydrogen) atoms. The minimum absolute atomic E-state index is 0.739. The maximum atomic E-state index is 4.62. The second-order valence-electron chi connectivity index (χ2n) is 12.1. The Balaban J connectivity index is 1.16. The fourth-order valence-corrected chi connectivity index (χ4v) is 6.22. The summed E-state index contributed by atoms with van der Waals surface area (Å²) in [4.78, 5) is 23.3. The number of hydrogen-bond donors (Lipinski definition) is 0. The Labute approximate surface area is 282 Å². The van der Waals surface area contributed by atoms with Gasteiger partial charge in [0.1, 0.15) is 0 Å². The highest BCUT2D eigenvalue weighted by Gasteiger charge is 2.14. The molecule has 0 aliphatic heterocycles. The van der Waals surface area contributed by atoms with Crippen molar-refractivity contribution < 1.29 is 0 Å². The van der Waals surface area contributed by atoms with Crippen LogP contribution in [0.25, 0.3) is 21.9 Å². The van der Waals surface area contributed by atoms with Crippen molar-refractivity contribution in [2.75, 3.05) is 0 Å². The number of fused-ring (bicyclic) bond motifs is 1. The lowest BCUT2D eigenvalue weighted by Crippen LogP contribution is -2.23. The van der Waals surface area contributed by atoms with Gasteiger partial charge in [-0.3, -0.25) is 29.7 Å². The Morgan fingerprint density at radius 1 is 0.375 bits per heavy atom. The lowest BCUT2D eigenvalue weighted by molar-refractivity contribution is 0.242. The van der Waals surface area contributed by atoms with E-state index in [1.54, 1.807) is 0 Å². The van der Waals surface area contributed by atoms with Gasteiger partial charge >= 0.3 is 0 Å². The monoisotopic (exact) mass is 626 g/mol. The van der Waals surface area contributed by atoms with Crippen LogP contribution in [0.2, 0.25) is 0 Å². The first-order chi connectivity index (χ1) is 23.7. The van der Waals surface area contributed by atoms with E-state index in [2.05, 4.69) is 127 Å². The number of aromatic nitrogens is 4. The van der Waals surface area contributed by atoms with Crippen LogP contribution in [-0.4, -0.2) is 29.7 Å². The fourth-order valence-electron chi connectivity index (χ4n) is 6.22. The highest BCUT2D eigenvalue weighted by molar-refractivity contribution is 5.90. The van der Waals surface area contributed by atoms with Crippen LogP contribution >= 0.6 is 0 Å². The number of hydrogen-bond acceptors (Lipinski definition) is 6. The Morgan fingerprint density at radius 3 is 1.40 bits per heavy atom. The molecule has 236 valence electrons. The lowest BCUT2D eigenvalue weighted by atomic mass is 9.97. The fraction of sp³-hybridized carbons (Fsp3) is 0.143. The molecule has 7 rings (SSSR count). The third kappa shape index (κ3) is 8.23. The normalized spacial score (nSPS) is 11.4. The molecule has 0 fully saturated rings. The van der Waals surface area contributed by atoms with Crippen molar-refractivity contribution >= 4 is 10.8 Å². The number of rotatable bonds is 13. The Bertz CT molecular complexity index is 1950. The molecule has 6 heteroatoms. The van der Waals surface area contributed by atoms with E-state index in [1.807, 2.05) is 61.2 Å². The zero-order valence-corrected chi connectivity index (χ0v) is 26.9. The molecule has 0 atom stereocenters. The van der Waals surface area contributed by atoms with Crippen LogP contribution in [0.15, 0.2) is 158 Å². The Morgan fingerprint density at radius 2 is 0.875 bits per heavy atom. The van der Waals surface area contributed by atoms with Crippen molar-refractivity contribution in [3.05, 3.63) is 192 Å². The molecule has 0 N–H and O–H groups in total. The standard InChI is InChI=1S/C42H38N6/c1-5-21-43-38(15-1)29-47(30-39-16-2-6-22-44-39)27-33-11-9-13-35(25-33)36-20-19-34-12-10-14-37(42(34)26-36)28-48(31-40-17-3-7-23-45-40)32-41-18-4-8-24-46-41/h1-26H,27-32H2. The van der Waals surface area contributed by atoms with E-state index in [1.165, 1.54) is 33.0 Å². The molecule has 0 saturated carbocycles. The van der Waals surface area contributed by atoms with Gasteiger partial charge in [-0.2, -0.15) is 0 Å². The summed E-state index contributed by atoms with van der Waals surface area (Å²) in [7, 11) is 0. The zero-order valence-electron chi connectivity index (χ0n) is 26.9. The van der Waals surface area contributed by atoms with E-state index in [-0.39, 0.29) is 0 Å². The van der Waals surface area contributed by atoms with Crippen LogP contribution < -0.4 is 0 Å². The molecule has 7 aromatic rings. The first kappa shape index (κ1) is 31.1. The van der Waals surface area contributed by atoms with Crippen molar-refractivity contribution in [1.29, 1.82) is 0 Å². The zero-order chi connectivity index (χ0) is 32.4. The number of benzene rings is 3. The summed E-state index contributed by atoms with van der Waals surface area (Å²) < 4.78 is 0. The van der Waals surface area contributed by atoms with E-state index in [4.69, 9.17) is 0 Å². The summed E-state index contributed by atoms with van der Waals surface area (Å²) in [6, 6.07) is 46.8. The van der Waals surface area contributed by atoms with Crippen molar-refractivity contribution in [3.63, 3.8) is 0 Å². The van der Waals surface area contributed by atoms with Gasteiger partial charge in [-0.15, -0.1) is 0 Å². The van der Waals surface area contributed by atoms with E-state index < -0.39 is 0 Å². The second-order valence-corrected chi connectivity index (χ2v) is 12.1. The highest BCUT2D eigenvalue weighted by Crippen LogP contribution is 2.29. The SMILES string of the molecule is c1ccc(CN(Cc2cccc(-c3ccc4cccc(CN(Cc5ccccn5)Cc5ccccn5)c4c3)c2)Cc2ccccn2)nc1. The molecule has 0 spiro atoms. The average molecular weight is 627 g/mol. The predicted octanol–water partition coefficient (Wildman–Crippen LogP) is 8.49. The van der Waals surface area contributed by atoms with Crippen LogP contribution in [0, 0.1) is 0 Å². The second kappa shape index (κ2) is 15.4. The van der Waals surface area contributed by atoms with Gasteiger partial charge in [-0.05, 0) is 93.7 Å². The summed E-state index contributed by atoms with van der Waals surface area (Å²) in [6.07, 6.45) is 7.45. The van der Waals surface area contributed by atoms with Gasteiger partial charge in [0.15, 0.2) is 0 Å². The molecule has 3 aromatic carbocycles. The number of nitrogens with zero attached hydrogens (tertiary/aromatic N) is 6. The lowest BCUT2D eigenvalue weighted by Gasteiger charge is -2.23. The molecule has 6 nitrogen and oxygen atoms in total. The molecular weight excluding hydrogens is 589 g/mol. The maximum absolute atomic E-state index is 4.62. The first-order valence-corrected chi connectivity index (χ1v) is 16.4. The quantitative estimate of drug-likeness (QED) is 0.128. The summed E-state index contributed by atoms with van der Waals surface area (Å²) in [5.41, 5.74) is 9.15. The molecule has 0 amide bonds. The smallest absolute Gasteiger partial charge is 0.0544 e. The molecule has 0 aliphatic carbocycles. The summed E-state index contributed by atoms with van der Waals surface area (Å²) in [6.45, 7) is 4.54. The van der Waals surface area contributed by atoms with Crippen molar-refractivity contribution in [2.45, 2.75) is 39.3 Å². The van der Waals surface area contributed by atoms with Gasteiger partial charge in [-0.1, -0.05) is 72.8 Å². The van der Waals surface area contributed by atoms with E-state index in [9.17, 15) is 0 Å². The van der Waals surface area contributed by atoms with Gasteiger partial charge < -0.3 is 0 Å². The van der Waals surface area contributed by atoms with Crippen LogP contribution in [0.3, 0.4) is 0 Å². The summed E-state index contributed by atoms with van der Waals surface area (Å²) >= 11 is 0. The average Bonchev–Trinajstić information content (AvgIpc) is 3.13. The van der Waals surface area contributed by atoms with Crippen molar-refractivity contribution in [1.82, 2.24) is 29.7 Å². The van der Waals surface area contributed by atoms with Gasteiger partial charge in [0.05, 0.1) is 22.8 Å². The van der Waals surface area contributed by atoms with Gasteiger partial charge in [0.25, 0.3) is 0 Å². The van der Waals surface area contributed by atoms with Crippen LogP contribution in [0.1, 0.15) is 33.9 Å². The summed E-state index contributed by atoms with van der Waals surface area (Å²) in [5.74, 6) is 0. The van der Waals surface area contributed by atoms with E-state index in [0.29, 0.717) is 0 Å². The molecule has 0 bridgehead atoms. The minimum Gasteiger partial charge on any atom is -0.287 e. The molecular formula is C42H38N6. The molecule has 4 heterocycles. The predicted molar refractivity (Wildman–Crippen MR) is 192 cm³/mol. The summed E-state index contributed by atoms with van der Waals surface area (Å²) in [5, 5.41) is 2.50. The van der Waals surface area contributed by atoms with Crippen LogP contribution in [-0.2, 0) is 39.3 Å². The molecule has 0 saturated heterocycles. The molecule has 0 unspecified atom stereocenters. The van der Waals surface area contributed by atoms with Gasteiger partial charge in [0, 0.05) is 64.1 Å². The molecule has 4 aromatic heterocycles. The largest absolute Gasteiger partial charge is 0.287 e. The third-order valence-electron chi connectivity index (χ3n) is 8.48. The third-order valence-corrected chi connectivity index (χ3v) is 8.48. The topological polar surface area (TPSA) is 58.0 Å². The van der Waals surface area contributed by atoms with Crippen molar-refractivity contribution in [2.24, 2.45) is 0 Å². The maximum Gasteiger partial charge on any atom is 0.0544 e. The van der Waals surface area contributed by atoms with Gasteiger partial charge in [0.2, 0.25) is 0 Å². The van der Waals surface area contributed by atoms with Gasteiger partial charge in [-0.25, -0.2) is 0 Å². The highest BCUT2D eigenvalue weighted by atomic mass is 15.1. The minimum atomic E-state index is 0.739. The molecule has 0 aliphatic rings. The van der Waals surface area contributed by atoms with E-state index >= 15 is 0 Å². The van der Waals surface area contributed by atoms with Crippen LogP contribution in [0.4, 0.5) is 0 Å². The Hall–Kier alpha value is -5.56. The molecule has 0 radical (unpaired) electrons. The van der Waals surface area contributed by atoms with E-state index in [0.717, 1.165) is 62.0 Å². The first-order valence-electron chi connectivity index (χ1n) is 16.4. The number of pyridine rings is 4. The Kier molecular flexibility index (Phi) is 9.93. The van der Waals surface area contributed by atoms with Crippen molar-refractivity contribution in [3.8, 4) is 11.1 Å².